The maximum Gasteiger partial charge on any atom is 0.130 e. The van der Waals surface area contributed by atoms with Gasteiger partial charge in [-0.15, -0.1) is 0 Å². The highest BCUT2D eigenvalue weighted by Crippen LogP contribution is 2.18. The molecule has 67 valence electrons. The normalized spacial score (nSPS) is 17.4. The van der Waals surface area contributed by atoms with Crippen molar-refractivity contribution in [3.8, 4) is 5.75 Å². The smallest absolute Gasteiger partial charge is 0.130 e. The SMILES string of the molecule is C1=CCC2=[Si]c3ccccc3OC2=C1. The van der Waals surface area contributed by atoms with Crippen LogP contribution in [-0.2, 0) is 0 Å². The first-order chi connectivity index (χ1) is 6.93. The van der Waals surface area contributed by atoms with Crippen LogP contribution in [0, 0.1) is 0 Å². The van der Waals surface area contributed by atoms with Crippen molar-refractivity contribution in [2.45, 2.75) is 6.42 Å². The van der Waals surface area contributed by atoms with E-state index in [4.69, 9.17) is 4.74 Å². The molecule has 0 amide bonds. The van der Waals surface area contributed by atoms with Crippen LogP contribution in [0.4, 0.5) is 0 Å². The quantitative estimate of drug-likeness (QED) is 0.572. The lowest BCUT2D eigenvalue weighted by Crippen LogP contribution is -2.28. The number of hydrogen-bond acceptors (Lipinski definition) is 1. The molecular weight excluding hydrogens is 188 g/mol. The second kappa shape index (κ2) is 3.06. The zero-order valence-corrected chi connectivity index (χ0v) is 8.66. The van der Waals surface area contributed by atoms with E-state index >= 15 is 0 Å². The van der Waals surface area contributed by atoms with E-state index in [9.17, 15) is 0 Å². The molecule has 0 saturated heterocycles. The van der Waals surface area contributed by atoms with E-state index in [2.05, 4.69) is 30.4 Å². The van der Waals surface area contributed by atoms with Gasteiger partial charge in [-0.25, -0.2) is 0 Å². The number of para-hydroxylation sites is 1. The van der Waals surface area contributed by atoms with Crippen LogP contribution in [-0.4, -0.2) is 14.3 Å². The molecule has 0 spiro atoms. The van der Waals surface area contributed by atoms with Gasteiger partial charge >= 0.3 is 0 Å². The Morgan fingerprint density at radius 1 is 1.21 bits per heavy atom. The van der Waals surface area contributed by atoms with Crippen molar-refractivity contribution < 1.29 is 4.74 Å². The van der Waals surface area contributed by atoms with Gasteiger partial charge < -0.3 is 4.74 Å². The molecule has 2 heteroatoms. The van der Waals surface area contributed by atoms with Gasteiger partial charge in [-0.2, -0.15) is 0 Å². The Morgan fingerprint density at radius 2 is 2.14 bits per heavy atom. The second-order valence-corrected chi connectivity index (χ2v) is 4.76. The minimum absolute atomic E-state index is 0.774. The predicted molar refractivity (Wildman–Crippen MR) is 59.3 cm³/mol. The molecule has 1 radical (unpaired) electrons. The number of rotatable bonds is 0. The number of hydrogen-bond donors (Lipinski definition) is 0. The largest absolute Gasteiger partial charge is 0.457 e. The molecule has 0 N–H and O–H groups in total. The van der Waals surface area contributed by atoms with Crippen molar-refractivity contribution in [3.63, 3.8) is 0 Å². The molecule has 0 bridgehead atoms. The van der Waals surface area contributed by atoms with E-state index in [0.29, 0.717) is 0 Å². The molecular formula is C12H9OSi. The van der Waals surface area contributed by atoms with Crippen molar-refractivity contribution in [1.29, 1.82) is 0 Å². The van der Waals surface area contributed by atoms with Crippen LogP contribution in [0.15, 0.2) is 48.3 Å². The highest BCUT2D eigenvalue weighted by molar-refractivity contribution is 6.70. The Labute approximate surface area is 85.2 Å². The van der Waals surface area contributed by atoms with Crippen LogP contribution in [0.2, 0.25) is 0 Å². The molecule has 1 aromatic carbocycles. The van der Waals surface area contributed by atoms with Crippen molar-refractivity contribution in [2.24, 2.45) is 0 Å². The molecule has 3 rings (SSSR count). The monoisotopic (exact) mass is 197 g/mol. The van der Waals surface area contributed by atoms with Crippen molar-refractivity contribution >= 4 is 19.5 Å². The van der Waals surface area contributed by atoms with E-state index < -0.39 is 0 Å². The van der Waals surface area contributed by atoms with Crippen molar-refractivity contribution in [1.82, 2.24) is 0 Å². The third-order valence-corrected chi connectivity index (χ3v) is 3.83. The summed E-state index contributed by atoms with van der Waals surface area (Å²) in [5.74, 6) is 2.08. The average molecular weight is 197 g/mol. The highest BCUT2D eigenvalue weighted by Gasteiger charge is 2.16. The van der Waals surface area contributed by atoms with E-state index in [-0.39, 0.29) is 0 Å². The molecule has 1 heterocycles. The van der Waals surface area contributed by atoms with E-state index in [1.54, 1.807) is 0 Å². The van der Waals surface area contributed by atoms with Gasteiger partial charge in [-0.1, -0.05) is 30.4 Å². The minimum Gasteiger partial charge on any atom is -0.457 e. The molecule has 14 heavy (non-hydrogen) atoms. The Morgan fingerprint density at radius 3 is 3.14 bits per heavy atom. The summed E-state index contributed by atoms with van der Waals surface area (Å²) in [5, 5.41) is 2.75. The number of ether oxygens (including phenoxy) is 1. The molecule has 1 aromatic rings. The van der Waals surface area contributed by atoms with Gasteiger partial charge in [0.25, 0.3) is 0 Å². The molecule has 1 aliphatic carbocycles. The van der Waals surface area contributed by atoms with Crippen LogP contribution in [0.3, 0.4) is 0 Å². The number of benzene rings is 1. The fraction of sp³-hybridized carbons (Fsp3) is 0.0833. The van der Waals surface area contributed by atoms with E-state index in [1.807, 2.05) is 12.1 Å². The molecule has 0 fully saturated rings. The summed E-state index contributed by atoms with van der Waals surface area (Å²) in [4.78, 5) is 0. The van der Waals surface area contributed by atoms with Gasteiger partial charge in [0.1, 0.15) is 11.5 Å². The maximum absolute atomic E-state index is 5.82. The van der Waals surface area contributed by atoms with Gasteiger partial charge in [0, 0.05) is 5.19 Å². The van der Waals surface area contributed by atoms with Crippen molar-refractivity contribution in [2.75, 3.05) is 0 Å². The third kappa shape index (κ3) is 1.19. The zero-order chi connectivity index (χ0) is 9.38. The third-order valence-electron chi connectivity index (χ3n) is 2.40. The maximum atomic E-state index is 5.82. The number of allylic oxidation sites excluding steroid dienone is 4. The van der Waals surface area contributed by atoms with Gasteiger partial charge in [0.2, 0.25) is 0 Å². The summed E-state index contributed by atoms with van der Waals surface area (Å²) < 4.78 is 5.82. The Hall–Kier alpha value is -1.41. The standard InChI is InChI=1S/C12H9OSi/c1-3-7-11-9(5-1)13-10-6-2-4-8-12(10)14-11/h1-7H,8H2. The lowest BCUT2D eigenvalue weighted by molar-refractivity contribution is 0.455. The van der Waals surface area contributed by atoms with E-state index in [1.165, 1.54) is 10.4 Å². The fourth-order valence-electron chi connectivity index (χ4n) is 1.69. The topological polar surface area (TPSA) is 9.23 Å². The summed E-state index contributed by atoms with van der Waals surface area (Å²) in [6, 6.07) is 8.28. The molecule has 2 aliphatic rings. The van der Waals surface area contributed by atoms with Crippen LogP contribution in [0.5, 0.6) is 5.75 Å². The Kier molecular flexibility index (Phi) is 1.74. The van der Waals surface area contributed by atoms with Gasteiger partial charge in [-0.3, -0.25) is 0 Å². The first-order valence-corrected chi connectivity index (χ1v) is 5.70. The first kappa shape index (κ1) is 7.94. The molecule has 1 nitrogen and oxygen atoms in total. The summed E-state index contributed by atoms with van der Waals surface area (Å²) >= 11 is 0. The molecule has 1 aliphatic heterocycles. The first-order valence-electron chi connectivity index (χ1n) is 4.70. The average Bonchev–Trinajstić information content (AvgIpc) is 2.26. The fourth-order valence-corrected chi connectivity index (χ4v) is 2.93. The van der Waals surface area contributed by atoms with Crippen molar-refractivity contribution in [3.05, 3.63) is 48.3 Å². The molecule has 0 saturated carbocycles. The lowest BCUT2D eigenvalue weighted by atomic mass is 10.1. The minimum atomic E-state index is 0.774. The van der Waals surface area contributed by atoms with Crippen LogP contribution >= 0.6 is 0 Å². The molecule has 0 aromatic heterocycles. The summed E-state index contributed by atoms with van der Waals surface area (Å²) in [6.07, 6.45) is 7.35. The predicted octanol–water partition coefficient (Wildman–Crippen LogP) is 1.42. The Balaban J connectivity index is 2.15. The zero-order valence-electron chi connectivity index (χ0n) is 7.66. The van der Waals surface area contributed by atoms with Crippen LogP contribution < -0.4 is 9.92 Å². The highest BCUT2D eigenvalue weighted by atomic mass is 28.2. The Bertz CT molecular complexity index is 469. The van der Waals surface area contributed by atoms with Crippen LogP contribution in [0.25, 0.3) is 0 Å². The summed E-state index contributed by atoms with van der Waals surface area (Å²) in [6.45, 7) is 0. The second-order valence-electron chi connectivity index (χ2n) is 3.36. The van der Waals surface area contributed by atoms with Gasteiger partial charge in [0.15, 0.2) is 0 Å². The van der Waals surface area contributed by atoms with Crippen LogP contribution in [0.1, 0.15) is 6.42 Å². The molecule has 0 atom stereocenters. The summed E-state index contributed by atoms with van der Waals surface area (Å²) in [7, 11) is 0.774. The van der Waals surface area contributed by atoms with Gasteiger partial charge in [0.05, 0.1) is 9.13 Å². The molecule has 0 unspecified atom stereocenters. The summed E-state index contributed by atoms with van der Waals surface area (Å²) in [5.41, 5.74) is 0. The van der Waals surface area contributed by atoms with Gasteiger partial charge in [-0.05, 0) is 23.7 Å². The van der Waals surface area contributed by atoms with E-state index in [0.717, 1.165) is 27.1 Å². The lowest BCUT2D eigenvalue weighted by Gasteiger charge is -2.20. The number of fused-ring (bicyclic) bond motifs is 2.